The third-order valence-electron chi connectivity index (χ3n) is 4.14. The van der Waals surface area contributed by atoms with Crippen LogP contribution in [0.5, 0.6) is 17.2 Å². The van der Waals surface area contributed by atoms with Gasteiger partial charge in [0.05, 0.1) is 12.9 Å². The Bertz CT molecular complexity index is 1070. The lowest BCUT2D eigenvalue weighted by atomic mass is 10.2. The number of ether oxygens (including phenoxy) is 3. The molecule has 1 aliphatic heterocycles. The molecular weight excluding hydrogens is 440 g/mol. The number of benzene rings is 2. The fraction of sp³-hybridized carbons (Fsp3) is 0.200. The summed E-state index contributed by atoms with van der Waals surface area (Å²) in [7, 11) is 1.61. The lowest BCUT2D eigenvalue weighted by molar-refractivity contribution is -0.135. The molecule has 0 bridgehead atoms. The van der Waals surface area contributed by atoms with Gasteiger partial charge in [0, 0.05) is 5.69 Å². The number of carbonyl (C=O) groups excluding carboxylic acids is 2. The molecule has 4 rings (SSSR count). The Hall–Kier alpha value is -3.31. The van der Waals surface area contributed by atoms with Crippen molar-refractivity contribution in [2.75, 3.05) is 24.8 Å². The van der Waals surface area contributed by atoms with Crippen LogP contribution in [0, 0.1) is 0 Å². The first-order chi connectivity index (χ1) is 15.1. The number of hydrogen-bond donors (Lipinski definition) is 2. The number of imide groups is 1. The molecule has 11 heteroatoms. The van der Waals surface area contributed by atoms with Gasteiger partial charge >= 0.3 is 0 Å². The minimum Gasteiger partial charge on any atom is -0.497 e. The lowest BCUT2D eigenvalue weighted by Crippen LogP contribution is -2.46. The van der Waals surface area contributed by atoms with E-state index in [1.165, 1.54) is 23.1 Å². The topological polar surface area (TPSA) is 112 Å². The van der Waals surface area contributed by atoms with Crippen LogP contribution in [0.2, 0.25) is 0 Å². The van der Waals surface area contributed by atoms with Crippen LogP contribution in [-0.2, 0) is 9.59 Å². The molecule has 9 nitrogen and oxygen atoms in total. The fourth-order valence-corrected chi connectivity index (χ4v) is 4.22. The largest absolute Gasteiger partial charge is 0.497 e. The molecule has 0 fully saturated rings. The van der Waals surface area contributed by atoms with Crippen LogP contribution in [-0.4, -0.2) is 47.6 Å². The minimum atomic E-state index is -0.884. The second kappa shape index (κ2) is 9.67. The maximum Gasteiger partial charge on any atom is 0.271 e. The highest BCUT2D eigenvalue weighted by Gasteiger charge is 2.28. The van der Waals surface area contributed by atoms with Crippen molar-refractivity contribution in [3.63, 3.8) is 0 Å². The average Bonchev–Trinajstić information content (AvgIpc) is 3.25. The predicted octanol–water partition coefficient (Wildman–Crippen LogP) is 2.87. The summed E-state index contributed by atoms with van der Waals surface area (Å²) in [6.45, 7) is 0.0417. The SMILES string of the molecule is COc1ccc(Nc2nnc(SCC(=O)NC(=O)C3COc4ccccc4O3)s2)cc1. The van der Waals surface area contributed by atoms with Crippen molar-refractivity contribution in [2.24, 2.45) is 0 Å². The molecule has 1 aromatic heterocycles. The molecule has 0 saturated heterocycles. The van der Waals surface area contributed by atoms with Crippen molar-refractivity contribution in [1.29, 1.82) is 0 Å². The predicted molar refractivity (Wildman–Crippen MR) is 116 cm³/mol. The molecule has 160 valence electrons. The van der Waals surface area contributed by atoms with Crippen LogP contribution >= 0.6 is 23.1 Å². The molecule has 1 unspecified atom stereocenters. The molecule has 0 saturated carbocycles. The molecule has 2 N–H and O–H groups in total. The summed E-state index contributed by atoms with van der Waals surface area (Å²) >= 11 is 2.50. The highest BCUT2D eigenvalue weighted by Crippen LogP contribution is 2.31. The van der Waals surface area contributed by atoms with E-state index in [4.69, 9.17) is 14.2 Å². The summed E-state index contributed by atoms with van der Waals surface area (Å²) in [5, 5.41) is 14.2. The summed E-state index contributed by atoms with van der Waals surface area (Å²) in [6, 6.07) is 14.5. The number of hydrogen-bond acceptors (Lipinski definition) is 10. The van der Waals surface area contributed by atoms with E-state index in [9.17, 15) is 9.59 Å². The van der Waals surface area contributed by atoms with Crippen molar-refractivity contribution in [3.05, 3.63) is 48.5 Å². The van der Waals surface area contributed by atoms with Crippen molar-refractivity contribution in [1.82, 2.24) is 15.5 Å². The van der Waals surface area contributed by atoms with Crippen molar-refractivity contribution < 1.29 is 23.8 Å². The zero-order chi connectivity index (χ0) is 21.6. The number of carbonyl (C=O) groups is 2. The molecule has 0 aliphatic carbocycles. The summed E-state index contributed by atoms with van der Waals surface area (Å²) in [6.07, 6.45) is -0.884. The van der Waals surface area contributed by atoms with Crippen molar-refractivity contribution >= 4 is 45.7 Å². The highest BCUT2D eigenvalue weighted by molar-refractivity contribution is 8.01. The van der Waals surface area contributed by atoms with Crippen LogP contribution < -0.4 is 24.8 Å². The normalized spacial score (nSPS) is 14.5. The van der Waals surface area contributed by atoms with Gasteiger partial charge < -0.3 is 19.5 Å². The number of amides is 2. The van der Waals surface area contributed by atoms with Crippen molar-refractivity contribution in [3.8, 4) is 17.2 Å². The van der Waals surface area contributed by atoms with Gasteiger partial charge in [0.25, 0.3) is 5.91 Å². The van der Waals surface area contributed by atoms with Gasteiger partial charge in [0.2, 0.25) is 17.1 Å². The molecule has 1 atom stereocenters. The summed E-state index contributed by atoms with van der Waals surface area (Å²) in [5.41, 5.74) is 0.841. The number of rotatable bonds is 7. The number of fused-ring (bicyclic) bond motifs is 1. The molecule has 0 spiro atoms. The molecule has 31 heavy (non-hydrogen) atoms. The van der Waals surface area contributed by atoms with E-state index in [1.54, 1.807) is 25.3 Å². The standard InChI is InChI=1S/C20H18N4O5S2/c1-27-13-8-6-12(7-9-13)21-19-23-24-20(31-19)30-11-17(25)22-18(26)16-10-28-14-4-2-3-5-15(14)29-16/h2-9,16H,10-11H2,1H3,(H,21,23)(H,22,25,26). The number of nitrogens with zero attached hydrogens (tertiary/aromatic N) is 2. The summed E-state index contributed by atoms with van der Waals surface area (Å²) < 4.78 is 16.8. The molecule has 2 heterocycles. The van der Waals surface area contributed by atoms with Crippen LogP contribution in [0.25, 0.3) is 0 Å². The molecule has 2 amide bonds. The fourth-order valence-electron chi connectivity index (χ4n) is 2.65. The van der Waals surface area contributed by atoms with Gasteiger partial charge in [-0.3, -0.25) is 14.9 Å². The number of anilines is 2. The zero-order valence-electron chi connectivity index (χ0n) is 16.4. The highest BCUT2D eigenvalue weighted by atomic mass is 32.2. The minimum absolute atomic E-state index is 0.0209. The first kappa shape index (κ1) is 20.9. The third kappa shape index (κ3) is 5.44. The quantitative estimate of drug-likeness (QED) is 0.516. The first-order valence-corrected chi connectivity index (χ1v) is 11.0. The van der Waals surface area contributed by atoms with E-state index in [0.717, 1.165) is 11.4 Å². The molecular formula is C20H18N4O5S2. The average molecular weight is 459 g/mol. The van der Waals surface area contributed by atoms with E-state index in [1.807, 2.05) is 30.3 Å². The van der Waals surface area contributed by atoms with Gasteiger partial charge in [-0.05, 0) is 36.4 Å². The van der Waals surface area contributed by atoms with E-state index >= 15 is 0 Å². The summed E-state index contributed by atoms with van der Waals surface area (Å²) in [4.78, 5) is 24.4. The van der Waals surface area contributed by atoms with Crippen LogP contribution in [0.1, 0.15) is 0 Å². The van der Waals surface area contributed by atoms with E-state index in [2.05, 4.69) is 20.8 Å². The molecule has 1 aliphatic rings. The molecule has 0 radical (unpaired) electrons. The van der Waals surface area contributed by atoms with Gasteiger partial charge in [0.1, 0.15) is 12.4 Å². The Morgan fingerprint density at radius 3 is 2.71 bits per heavy atom. The van der Waals surface area contributed by atoms with E-state index in [-0.39, 0.29) is 12.4 Å². The second-order valence-corrected chi connectivity index (χ2v) is 8.49. The van der Waals surface area contributed by atoms with Gasteiger partial charge in [0.15, 0.2) is 15.8 Å². The van der Waals surface area contributed by atoms with Crippen LogP contribution in [0.15, 0.2) is 52.9 Å². The Labute approximate surface area is 186 Å². The van der Waals surface area contributed by atoms with E-state index in [0.29, 0.717) is 21.0 Å². The number of aromatic nitrogens is 2. The zero-order valence-corrected chi connectivity index (χ0v) is 18.0. The maximum absolute atomic E-state index is 12.3. The van der Waals surface area contributed by atoms with Gasteiger partial charge in [-0.2, -0.15) is 0 Å². The number of methoxy groups -OCH3 is 1. The third-order valence-corrected chi connectivity index (χ3v) is 6.11. The second-order valence-electron chi connectivity index (χ2n) is 6.29. The van der Waals surface area contributed by atoms with Crippen LogP contribution in [0.3, 0.4) is 0 Å². The molecule has 3 aromatic rings. The van der Waals surface area contributed by atoms with Crippen molar-refractivity contribution in [2.45, 2.75) is 10.4 Å². The van der Waals surface area contributed by atoms with Crippen LogP contribution in [0.4, 0.5) is 10.8 Å². The Morgan fingerprint density at radius 1 is 1.16 bits per heavy atom. The number of nitrogens with one attached hydrogen (secondary N) is 2. The van der Waals surface area contributed by atoms with Gasteiger partial charge in [-0.1, -0.05) is 35.2 Å². The monoisotopic (exact) mass is 458 g/mol. The maximum atomic E-state index is 12.3. The van der Waals surface area contributed by atoms with Gasteiger partial charge in [-0.15, -0.1) is 10.2 Å². The first-order valence-electron chi connectivity index (χ1n) is 9.20. The Balaban J connectivity index is 1.24. The van der Waals surface area contributed by atoms with E-state index < -0.39 is 17.9 Å². The smallest absolute Gasteiger partial charge is 0.271 e. The van der Waals surface area contributed by atoms with Gasteiger partial charge in [-0.25, -0.2) is 0 Å². The summed E-state index contributed by atoms with van der Waals surface area (Å²) in [5.74, 6) is 0.836. The Morgan fingerprint density at radius 2 is 1.94 bits per heavy atom. The number of para-hydroxylation sites is 2. The molecule has 2 aromatic carbocycles. The lowest BCUT2D eigenvalue weighted by Gasteiger charge is -2.25. The number of thioether (sulfide) groups is 1. The Kier molecular flexibility index (Phi) is 6.53.